The Labute approximate surface area is 274 Å². The second-order valence-electron chi connectivity index (χ2n) is 8.91. The van der Waals surface area contributed by atoms with E-state index in [1.807, 2.05) is 0 Å². The van der Waals surface area contributed by atoms with Crippen LogP contribution in [-0.4, -0.2) is 40.4 Å². The zero-order valence-electron chi connectivity index (χ0n) is 24.2. The molecule has 4 rings (SSSR count). The van der Waals surface area contributed by atoms with Crippen LogP contribution >= 0.6 is 11.6 Å². The number of ether oxygens (including phenoxy) is 2. The minimum absolute atomic E-state index is 0.0605. The molecule has 4 aromatic rings. The largest absolute Gasteiger partial charge is 0.573 e. The Morgan fingerprint density at radius 3 is 1.69 bits per heavy atom. The third kappa shape index (κ3) is 13.9. The molecule has 1 unspecified atom stereocenters. The smallest absolute Gasteiger partial charge is 0.406 e. The molecule has 21 heteroatoms. The first-order valence-electron chi connectivity index (χ1n) is 12.7. The number of halogens is 9. The van der Waals surface area contributed by atoms with Crippen LogP contribution in [0.1, 0.15) is 42.4 Å². The fourth-order valence-corrected chi connectivity index (χ4v) is 3.40. The minimum Gasteiger partial charge on any atom is -0.406 e. The van der Waals surface area contributed by atoms with E-state index >= 15 is 0 Å². The highest BCUT2D eigenvalue weighted by Gasteiger charge is 2.32. The van der Waals surface area contributed by atoms with Gasteiger partial charge in [-0.2, -0.15) is 0 Å². The summed E-state index contributed by atoms with van der Waals surface area (Å²) in [5.74, 6) is -5.60. The van der Waals surface area contributed by atoms with Gasteiger partial charge in [0.15, 0.2) is 0 Å². The number of pyridine rings is 2. The number of hydrogen-bond acceptors (Lipinski definition) is 9. The quantitative estimate of drug-likeness (QED) is 0.0968. The van der Waals surface area contributed by atoms with E-state index in [4.69, 9.17) is 34.5 Å². The molecule has 0 saturated heterocycles. The lowest BCUT2D eigenvalue weighted by molar-refractivity contribution is -0.275. The highest BCUT2D eigenvalue weighted by molar-refractivity contribution is 6.20. The lowest BCUT2D eigenvalue weighted by Gasteiger charge is -2.11. The molecule has 2 aromatic carbocycles. The number of amides is 3. The van der Waals surface area contributed by atoms with E-state index in [1.165, 1.54) is 24.5 Å². The number of hydrogen-bond donors (Lipinski definition) is 5. The predicted octanol–water partition coefficient (Wildman–Crippen LogP) is 5.15. The molecule has 9 N–H and O–H groups in total. The molecule has 262 valence electrons. The van der Waals surface area contributed by atoms with Gasteiger partial charge < -0.3 is 37.7 Å². The maximum atomic E-state index is 13.7. The average molecular weight is 724 g/mol. The Morgan fingerprint density at radius 2 is 1.22 bits per heavy atom. The normalized spacial score (nSPS) is 11.5. The maximum Gasteiger partial charge on any atom is 0.573 e. The summed E-state index contributed by atoms with van der Waals surface area (Å²) in [4.78, 5) is 40.8. The van der Waals surface area contributed by atoms with E-state index in [0.29, 0.717) is 17.8 Å². The van der Waals surface area contributed by atoms with E-state index in [2.05, 4.69) is 24.8 Å². The summed E-state index contributed by atoms with van der Waals surface area (Å²) < 4.78 is 106. The van der Waals surface area contributed by atoms with Crippen molar-refractivity contribution < 1.29 is 59.0 Å². The van der Waals surface area contributed by atoms with Gasteiger partial charge in [0, 0.05) is 29.3 Å². The first-order chi connectivity index (χ1) is 22.6. The van der Waals surface area contributed by atoms with Crippen molar-refractivity contribution in [1.29, 1.82) is 0 Å². The maximum absolute atomic E-state index is 13.7. The molecule has 0 spiro atoms. The van der Waals surface area contributed by atoms with E-state index in [0.717, 1.165) is 30.3 Å². The van der Waals surface area contributed by atoms with Crippen LogP contribution in [0.4, 0.5) is 46.5 Å². The third-order valence-electron chi connectivity index (χ3n) is 5.22. The van der Waals surface area contributed by atoms with Crippen LogP contribution in [0.3, 0.4) is 0 Å². The number of anilines is 2. The standard InChI is InChI=1S/C14H9F4N3O3.C8H6ClF4NO.C6H7N3O/c15-10-2-1-8(24-14(16,17)18)6-9(10)13(23)21-7-3-4-20-11(5-7)12(19)22;9-7(14)5-3-4(1-2-6(5)10)15-8(11,12)13;7-4-1-2-9-5(3-4)6(8)10/h1-6H,(H2,19,22)(H,20,21,23);1-3,7H,14H2;1-3H,(H2,7,9)(H2,8,10). The number of carbonyl (C=O) groups is 3. The number of nitrogens with two attached hydrogens (primary N) is 4. The molecular weight excluding hydrogens is 702 g/mol. The molecule has 49 heavy (non-hydrogen) atoms. The fraction of sp³-hybridized carbons (Fsp3) is 0.107. The molecule has 0 aliphatic heterocycles. The van der Waals surface area contributed by atoms with Gasteiger partial charge >= 0.3 is 12.7 Å². The SMILES string of the molecule is NC(=O)c1cc(N)ccn1.NC(=O)c1cc(NC(=O)c2cc(OC(F)(F)F)ccc2F)ccn1.NC(Cl)c1cc(OC(F)(F)F)ccc1F. The number of carbonyl (C=O) groups excluding carboxylic acids is 3. The number of benzene rings is 2. The minimum atomic E-state index is -4.98. The highest BCUT2D eigenvalue weighted by Crippen LogP contribution is 2.28. The Balaban J connectivity index is 0.000000283. The molecule has 0 bridgehead atoms. The van der Waals surface area contributed by atoms with Gasteiger partial charge in [-0.3, -0.25) is 24.4 Å². The second kappa shape index (κ2) is 16.9. The average Bonchev–Trinajstić information content (AvgIpc) is 2.98. The first kappa shape index (κ1) is 39.4. The van der Waals surface area contributed by atoms with Crippen LogP contribution in [-0.2, 0) is 0 Å². The number of aromatic nitrogens is 2. The van der Waals surface area contributed by atoms with Gasteiger partial charge in [0.1, 0.15) is 40.0 Å². The summed E-state index contributed by atoms with van der Waals surface area (Å²) >= 11 is 5.35. The second-order valence-corrected chi connectivity index (χ2v) is 9.38. The van der Waals surface area contributed by atoms with Crippen molar-refractivity contribution in [3.63, 3.8) is 0 Å². The summed E-state index contributed by atoms with van der Waals surface area (Å²) in [7, 11) is 0. The molecule has 0 radical (unpaired) electrons. The highest BCUT2D eigenvalue weighted by atomic mass is 35.5. The molecule has 2 aromatic heterocycles. The molecule has 0 fully saturated rings. The number of alkyl halides is 7. The van der Waals surface area contributed by atoms with E-state index in [-0.39, 0.29) is 22.6 Å². The van der Waals surface area contributed by atoms with E-state index < -0.39 is 64.6 Å². The van der Waals surface area contributed by atoms with Gasteiger partial charge in [0.25, 0.3) is 17.7 Å². The number of nitrogens with one attached hydrogen (secondary N) is 1. The monoisotopic (exact) mass is 723 g/mol. The van der Waals surface area contributed by atoms with Gasteiger partial charge in [0.05, 0.1) is 5.56 Å². The number of nitrogen functional groups attached to an aromatic ring is 1. The lowest BCUT2D eigenvalue weighted by atomic mass is 10.2. The number of rotatable bonds is 7. The molecule has 12 nitrogen and oxygen atoms in total. The zero-order chi connectivity index (χ0) is 37.1. The Hall–Kier alpha value is -5.76. The van der Waals surface area contributed by atoms with Crippen molar-refractivity contribution in [3.8, 4) is 11.5 Å². The van der Waals surface area contributed by atoms with Gasteiger partial charge in [-0.1, -0.05) is 0 Å². The Morgan fingerprint density at radius 1 is 0.735 bits per heavy atom. The van der Waals surface area contributed by atoms with Crippen molar-refractivity contribution in [2.75, 3.05) is 11.1 Å². The molecule has 1 atom stereocenters. The molecule has 3 amide bonds. The van der Waals surface area contributed by atoms with Crippen LogP contribution in [0.25, 0.3) is 0 Å². The van der Waals surface area contributed by atoms with E-state index in [9.17, 15) is 49.5 Å². The van der Waals surface area contributed by atoms with Crippen LogP contribution < -0.4 is 37.7 Å². The van der Waals surface area contributed by atoms with Crippen LogP contribution in [0, 0.1) is 11.6 Å². The number of nitrogens with zero attached hydrogens (tertiary/aromatic N) is 2. The van der Waals surface area contributed by atoms with Crippen molar-refractivity contribution in [2.45, 2.75) is 18.2 Å². The summed E-state index contributed by atoms with van der Waals surface area (Å²) in [5.41, 5.74) is 18.9. The molecular formula is C28H22ClF8N7O5. The molecule has 0 aliphatic rings. The van der Waals surface area contributed by atoms with Crippen molar-refractivity contribution >= 4 is 40.7 Å². The van der Waals surface area contributed by atoms with Gasteiger partial charge in [0.2, 0.25) is 0 Å². The topological polar surface area (TPSA) is 212 Å². The fourth-order valence-electron chi connectivity index (χ4n) is 3.23. The zero-order valence-corrected chi connectivity index (χ0v) is 24.9. The number of primary amides is 2. The van der Waals surface area contributed by atoms with Crippen LogP contribution in [0.15, 0.2) is 73.1 Å². The summed E-state index contributed by atoms with van der Waals surface area (Å²) in [6.07, 6.45) is -7.19. The van der Waals surface area contributed by atoms with Gasteiger partial charge in [-0.15, -0.1) is 37.9 Å². The third-order valence-corrected chi connectivity index (χ3v) is 5.46. The van der Waals surface area contributed by atoms with Gasteiger partial charge in [-0.05, 0) is 60.7 Å². The first-order valence-corrected chi connectivity index (χ1v) is 13.2. The molecule has 2 heterocycles. The summed E-state index contributed by atoms with van der Waals surface area (Å²) in [6, 6.07) is 9.90. The summed E-state index contributed by atoms with van der Waals surface area (Å²) in [5, 5.41) is 2.22. The van der Waals surface area contributed by atoms with Gasteiger partial charge in [-0.25, -0.2) is 8.78 Å². The Bertz CT molecular complexity index is 1790. The van der Waals surface area contributed by atoms with Crippen molar-refractivity contribution in [2.24, 2.45) is 17.2 Å². The van der Waals surface area contributed by atoms with Crippen molar-refractivity contribution in [1.82, 2.24) is 9.97 Å². The van der Waals surface area contributed by atoms with E-state index in [1.54, 1.807) is 6.07 Å². The van der Waals surface area contributed by atoms with Crippen LogP contribution in [0.5, 0.6) is 11.5 Å². The Kier molecular flexibility index (Phi) is 13.6. The molecule has 0 saturated carbocycles. The lowest BCUT2D eigenvalue weighted by Crippen LogP contribution is -2.19. The summed E-state index contributed by atoms with van der Waals surface area (Å²) in [6.45, 7) is 0. The predicted molar refractivity (Wildman–Crippen MR) is 157 cm³/mol. The molecule has 0 aliphatic carbocycles. The van der Waals surface area contributed by atoms with Crippen LogP contribution in [0.2, 0.25) is 0 Å². The van der Waals surface area contributed by atoms with Crippen molar-refractivity contribution in [3.05, 3.63) is 107 Å².